The van der Waals surface area contributed by atoms with Crippen LogP contribution in [0, 0.1) is 0 Å². The summed E-state index contributed by atoms with van der Waals surface area (Å²) in [5.41, 5.74) is 1.07. The molecule has 0 atom stereocenters. The summed E-state index contributed by atoms with van der Waals surface area (Å²) in [5.74, 6) is 1.48. The van der Waals surface area contributed by atoms with Crippen LogP contribution in [0.3, 0.4) is 0 Å². The smallest absolute Gasteiger partial charge is 0.231 e. The third-order valence-corrected chi connectivity index (χ3v) is 2.88. The van der Waals surface area contributed by atoms with Crippen LogP contribution in [0.1, 0.15) is 20.8 Å². The zero-order chi connectivity index (χ0) is 12.5. The second-order valence-electron chi connectivity index (χ2n) is 4.50. The lowest BCUT2D eigenvalue weighted by molar-refractivity contribution is 0.174. The minimum atomic E-state index is -0.428. The molecule has 17 heavy (non-hydrogen) atoms. The maximum Gasteiger partial charge on any atom is 0.231 e. The quantitative estimate of drug-likeness (QED) is 0.480. The molecular weight excluding hydrogens is 220 g/mol. The topological polar surface area (TPSA) is 63.1 Å². The molecule has 92 valence electrons. The van der Waals surface area contributed by atoms with E-state index in [1.807, 2.05) is 32.0 Å². The van der Waals surface area contributed by atoms with Gasteiger partial charge in [0.05, 0.1) is 11.3 Å². The monoisotopic (exact) mass is 236 g/mol. The fraction of sp³-hybridized carbons (Fsp3) is 0.417. The molecule has 0 saturated heterocycles. The Hall–Kier alpha value is -1.91. The number of hydrogen-bond donors (Lipinski definition) is 2. The SMILES string of the molecule is C/C(=N\O)C(C)(C)Nc1ccc2c(c1)OCO2. The van der Waals surface area contributed by atoms with E-state index >= 15 is 0 Å². The Morgan fingerprint density at radius 2 is 2.06 bits per heavy atom. The highest BCUT2D eigenvalue weighted by molar-refractivity contribution is 5.92. The van der Waals surface area contributed by atoms with E-state index in [9.17, 15) is 0 Å². The van der Waals surface area contributed by atoms with Crippen molar-refractivity contribution in [3.05, 3.63) is 18.2 Å². The number of ether oxygens (including phenoxy) is 2. The van der Waals surface area contributed by atoms with Crippen LogP contribution in [0.5, 0.6) is 11.5 Å². The largest absolute Gasteiger partial charge is 0.454 e. The van der Waals surface area contributed by atoms with Crippen LogP contribution in [0.15, 0.2) is 23.4 Å². The van der Waals surface area contributed by atoms with Crippen molar-refractivity contribution < 1.29 is 14.7 Å². The van der Waals surface area contributed by atoms with E-state index < -0.39 is 5.54 Å². The van der Waals surface area contributed by atoms with Gasteiger partial charge in [-0.3, -0.25) is 0 Å². The van der Waals surface area contributed by atoms with Gasteiger partial charge in [0.25, 0.3) is 0 Å². The van der Waals surface area contributed by atoms with Gasteiger partial charge in [-0.2, -0.15) is 0 Å². The van der Waals surface area contributed by atoms with Crippen molar-refractivity contribution in [2.24, 2.45) is 5.16 Å². The summed E-state index contributed by atoms with van der Waals surface area (Å²) in [6.45, 7) is 5.90. The maximum atomic E-state index is 8.81. The number of nitrogens with one attached hydrogen (secondary N) is 1. The Morgan fingerprint density at radius 3 is 2.76 bits per heavy atom. The predicted octanol–water partition coefficient (Wildman–Crippen LogP) is 2.46. The molecule has 0 amide bonds. The average Bonchev–Trinajstić information content (AvgIpc) is 2.74. The van der Waals surface area contributed by atoms with E-state index in [0.29, 0.717) is 5.71 Å². The second kappa shape index (κ2) is 4.16. The van der Waals surface area contributed by atoms with Gasteiger partial charge in [-0.25, -0.2) is 0 Å². The molecule has 0 unspecified atom stereocenters. The van der Waals surface area contributed by atoms with Crippen molar-refractivity contribution in [2.75, 3.05) is 12.1 Å². The molecule has 2 rings (SSSR count). The summed E-state index contributed by atoms with van der Waals surface area (Å²) < 4.78 is 10.5. The van der Waals surface area contributed by atoms with E-state index in [1.54, 1.807) is 6.92 Å². The Labute approximate surface area is 100 Å². The minimum absolute atomic E-state index is 0.263. The zero-order valence-corrected chi connectivity index (χ0v) is 10.2. The van der Waals surface area contributed by atoms with E-state index in [4.69, 9.17) is 14.7 Å². The van der Waals surface area contributed by atoms with Crippen molar-refractivity contribution in [3.63, 3.8) is 0 Å². The lowest BCUT2D eigenvalue weighted by atomic mass is 9.99. The van der Waals surface area contributed by atoms with E-state index in [-0.39, 0.29) is 6.79 Å². The molecule has 5 nitrogen and oxygen atoms in total. The second-order valence-corrected chi connectivity index (χ2v) is 4.50. The first-order chi connectivity index (χ1) is 8.03. The number of benzene rings is 1. The van der Waals surface area contributed by atoms with Crippen LogP contribution in [0.2, 0.25) is 0 Å². The zero-order valence-electron chi connectivity index (χ0n) is 10.2. The van der Waals surface area contributed by atoms with Gasteiger partial charge >= 0.3 is 0 Å². The fourth-order valence-corrected chi connectivity index (χ4v) is 1.55. The maximum absolute atomic E-state index is 8.81. The van der Waals surface area contributed by atoms with Crippen LogP contribution < -0.4 is 14.8 Å². The number of anilines is 1. The first-order valence-electron chi connectivity index (χ1n) is 5.40. The third kappa shape index (κ3) is 2.27. The van der Waals surface area contributed by atoms with Gasteiger partial charge in [0, 0.05) is 11.8 Å². The molecule has 0 saturated carbocycles. The molecule has 0 spiro atoms. The van der Waals surface area contributed by atoms with Crippen LogP contribution in [0.4, 0.5) is 5.69 Å². The van der Waals surface area contributed by atoms with Crippen molar-refractivity contribution in [1.29, 1.82) is 0 Å². The Morgan fingerprint density at radius 1 is 1.35 bits per heavy atom. The normalized spacial score (nSPS) is 14.9. The number of rotatable bonds is 3. The summed E-state index contributed by atoms with van der Waals surface area (Å²) in [7, 11) is 0. The molecule has 2 N–H and O–H groups in total. The van der Waals surface area contributed by atoms with Gasteiger partial charge in [0.1, 0.15) is 0 Å². The van der Waals surface area contributed by atoms with Crippen LogP contribution in [-0.2, 0) is 0 Å². The number of oxime groups is 1. The minimum Gasteiger partial charge on any atom is -0.454 e. The first kappa shape index (κ1) is 11.6. The molecule has 0 bridgehead atoms. The van der Waals surface area contributed by atoms with Crippen LogP contribution >= 0.6 is 0 Å². The van der Waals surface area contributed by atoms with Gasteiger partial charge in [0.15, 0.2) is 11.5 Å². The lowest BCUT2D eigenvalue weighted by Crippen LogP contribution is -2.38. The van der Waals surface area contributed by atoms with Crippen LogP contribution in [0.25, 0.3) is 0 Å². The van der Waals surface area contributed by atoms with Gasteiger partial charge in [0.2, 0.25) is 6.79 Å². The molecule has 1 aliphatic rings. The van der Waals surface area contributed by atoms with E-state index in [2.05, 4.69) is 10.5 Å². The van der Waals surface area contributed by atoms with Gasteiger partial charge in [-0.1, -0.05) is 5.16 Å². The highest BCUT2D eigenvalue weighted by atomic mass is 16.7. The Bertz CT molecular complexity index is 455. The molecule has 0 fully saturated rings. The van der Waals surface area contributed by atoms with E-state index in [1.165, 1.54) is 0 Å². The van der Waals surface area contributed by atoms with Crippen molar-refractivity contribution in [1.82, 2.24) is 0 Å². The predicted molar refractivity (Wildman–Crippen MR) is 65.2 cm³/mol. The Balaban J connectivity index is 2.19. The van der Waals surface area contributed by atoms with Gasteiger partial charge < -0.3 is 20.0 Å². The molecule has 1 heterocycles. The number of nitrogens with zero attached hydrogens (tertiary/aromatic N) is 1. The molecule has 1 aromatic carbocycles. The Kier molecular flexibility index (Phi) is 2.83. The molecule has 0 aliphatic carbocycles. The molecule has 0 radical (unpaired) electrons. The van der Waals surface area contributed by atoms with Crippen molar-refractivity contribution in [3.8, 4) is 11.5 Å². The van der Waals surface area contributed by atoms with E-state index in [0.717, 1.165) is 17.2 Å². The summed E-state index contributed by atoms with van der Waals surface area (Å²) in [6.07, 6.45) is 0. The molecule has 1 aliphatic heterocycles. The first-order valence-corrected chi connectivity index (χ1v) is 5.40. The van der Waals surface area contributed by atoms with Gasteiger partial charge in [-0.05, 0) is 32.9 Å². The third-order valence-electron chi connectivity index (χ3n) is 2.88. The number of hydrogen-bond acceptors (Lipinski definition) is 5. The molecular formula is C12H16N2O3. The van der Waals surface area contributed by atoms with Crippen molar-refractivity contribution >= 4 is 11.4 Å². The highest BCUT2D eigenvalue weighted by Gasteiger charge is 2.23. The molecule has 1 aromatic rings. The summed E-state index contributed by atoms with van der Waals surface area (Å²) >= 11 is 0. The van der Waals surface area contributed by atoms with Crippen molar-refractivity contribution in [2.45, 2.75) is 26.3 Å². The average molecular weight is 236 g/mol. The summed E-state index contributed by atoms with van der Waals surface area (Å²) in [5, 5.41) is 15.3. The summed E-state index contributed by atoms with van der Waals surface area (Å²) in [6, 6.07) is 5.63. The molecule has 0 aromatic heterocycles. The van der Waals surface area contributed by atoms with Gasteiger partial charge in [-0.15, -0.1) is 0 Å². The van der Waals surface area contributed by atoms with Crippen LogP contribution in [-0.4, -0.2) is 23.3 Å². The highest BCUT2D eigenvalue weighted by Crippen LogP contribution is 2.35. The number of fused-ring (bicyclic) bond motifs is 1. The standard InChI is InChI=1S/C12H16N2O3/c1-8(14-15)12(2,3)13-9-4-5-10-11(6-9)17-7-16-10/h4-6,13,15H,7H2,1-3H3/b14-8+. The summed E-state index contributed by atoms with van der Waals surface area (Å²) in [4.78, 5) is 0. The fourth-order valence-electron chi connectivity index (χ4n) is 1.55. The molecule has 5 heteroatoms. The lowest BCUT2D eigenvalue weighted by Gasteiger charge is -2.26.